The first-order valence-corrected chi connectivity index (χ1v) is 5.73. The van der Waals surface area contributed by atoms with Crippen molar-refractivity contribution in [3.63, 3.8) is 0 Å². The van der Waals surface area contributed by atoms with Crippen LogP contribution in [0, 0.1) is 0 Å². The van der Waals surface area contributed by atoms with E-state index in [0.717, 1.165) is 0 Å². The Bertz CT molecular complexity index is 309. The quantitative estimate of drug-likeness (QED) is 0.620. The van der Waals surface area contributed by atoms with E-state index < -0.39 is 17.0 Å². The van der Waals surface area contributed by atoms with Gasteiger partial charge in [-0.25, -0.2) is 4.79 Å². The van der Waals surface area contributed by atoms with Crippen LogP contribution in [0.5, 0.6) is 0 Å². The second-order valence-corrected chi connectivity index (χ2v) is 4.80. The average molecular weight is 244 g/mol. The molecule has 0 radical (unpaired) electrons. The number of aliphatic carboxylic acids is 1. The summed E-state index contributed by atoms with van der Waals surface area (Å²) in [7, 11) is 0. The Hall–Kier alpha value is -1.14. The maximum atomic E-state index is 12.0. The number of nitrogens with one attached hydrogen (secondary N) is 2. The van der Waals surface area contributed by atoms with E-state index in [1.807, 2.05) is 6.92 Å². The maximum Gasteiger partial charge on any atom is 0.331 e. The summed E-state index contributed by atoms with van der Waals surface area (Å²) in [5, 5.41) is 14.8. The Morgan fingerprint density at radius 1 is 1.47 bits per heavy atom. The monoisotopic (exact) mass is 244 g/mol. The molecule has 1 unspecified atom stereocenters. The highest BCUT2D eigenvalue weighted by molar-refractivity contribution is 5.92. The normalized spacial score (nSPS) is 24.6. The summed E-state index contributed by atoms with van der Waals surface area (Å²) in [6.07, 6.45) is 0.302. The molecule has 6 nitrogen and oxygen atoms in total. The molecule has 1 aliphatic heterocycles. The summed E-state index contributed by atoms with van der Waals surface area (Å²) >= 11 is 0. The van der Waals surface area contributed by atoms with Crippen molar-refractivity contribution >= 4 is 11.9 Å². The Morgan fingerprint density at radius 3 is 2.53 bits per heavy atom. The minimum Gasteiger partial charge on any atom is -0.479 e. The summed E-state index contributed by atoms with van der Waals surface area (Å²) in [4.78, 5) is 23.3. The number of amides is 1. The molecular weight excluding hydrogens is 224 g/mol. The molecule has 0 spiro atoms. The van der Waals surface area contributed by atoms with Gasteiger partial charge in [-0.15, -0.1) is 0 Å². The van der Waals surface area contributed by atoms with Crippen LogP contribution >= 0.6 is 0 Å². The van der Waals surface area contributed by atoms with Crippen molar-refractivity contribution in [3.05, 3.63) is 0 Å². The predicted octanol–water partition coefficient (Wildman–Crippen LogP) is -0.266. The maximum absolute atomic E-state index is 12.0. The highest BCUT2D eigenvalue weighted by atomic mass is 16.5. The molecule has 3 N–H and O–H groups in total. The van der Waals surface area contributed by atoms with Crippen LogP contribution in [0.15, 0.2) is 0 Å². The zero-order chi connectivity index (χ0) is 13.1. The van der Waals surface area contributed by atoms with Crippen molar-refractivity contribution in [3.8, 4) is 0 Å². The summed E-state index contributed by atoms with van der Waals surface area (Å²) in [6.45, 7) is 6.34. The van der Waals surface area contributed by atoms with E-state index in [9.17, 15) is 14.7 Å². The summed E-state index contributed by atoms with van der Waals surface area (Å²) < 4.78 is 5.08. The molecule has 0 bridgehead atoms. The van der Waals surface area contributed by atoms with Gasteiger partial charge in [0.25, 0.3) is 0 Å². The molecule has 1 heterocycles. The fraction of sp³-hybridized carbons (Fsp3) is 0.818. The van der Waals surface area contributed by atoms with E-state index in [1.165, 1.54) is 0 Å². The molecule has 1 fully saturated rings. The van der Waals surface area contributed by atoms with Crippen LogP contribution in [-0.4, -0.2) is 47.8 Å². The Labute approximate surface area is 101 Å². The van der Waals surface area contributed by atoms with Crippen molar-refractivity contribution in [2.45, 2.75) is 38.3 Å². The van der Waals surface area contributed by atoms with Gasteiger partial charge in [-0.2, -0.15) is 0 Å². The summed E-state index contributed by atoms with van der Waals surface area (Å²) in [5.41, 5.74) is -2.07. The second-order valence-electron chi connectivity index (χ2n) is 4.80. The van der Waals surface area contributed by atoms with Gasteiger partial charge >= 0.3 is 5.97 Å². The minimum absolute atomic E-state index is 0.0241. The fourth-order valence-corrected chi connectivity index (χ4v) is 1.78. The zero-order valence-corrected chi connectivity index (χ0v) is 10.5. The van der Waals surface area contributed by atoms with Gasteiger partial charge < -0.3 is 20.5 Å². The van der Waals surface area contributed by atoms with E-state index >= 15 is 0 Å². The van der Waals surface area contributed by atoms with Crippen LogP contribution in [-0.2, 0) is 14.3 Å². The Kier molecular flexibility index (Phi) is 4.11. The highest BCUT2D eigenvalue weighted by Crippen LogP contribution is 2.20. The molecule has 1 atom stereocenters. The van der Waals surface area contributed by atoms with Gasteiger partial charge in [-0.05, 0) is 20.4 Å². The number of hydrogen-bond acceptors (Lipinski definition) is 4. The molecule has 0 saturated carbocycles. The molecule has 1 aliphatic rings. The number of carbonyl (C=O) groups excluding carboxylic acids is 1. The summed E-state index contributed by atoms with van der Waals surface area (Å²) in [5.74, 6) is -1.37. The van der Waals surface area contributed by atoms with Crippen LogP contribution < -0.4 is 10.6 Å². The van der Waals surface area contributed by atoms with Gasteiger partial charge in [-0.1, -0.05) is 6.92 Å². The van der Waals surface area contributed by atoms with Crippen molar-refractivity contribution in [2.24, 2.45) is 0 Å². The SMILES string of the molecule is CCNC(C)(C)C(=O)NC1(C(=O)O)CCOC1. The number of likely N-dealkylation sites (N-methyl/N-ethyl adjacent to an activating group) is 1. The van der Waals surface area contributed by atoms with Gasteiger partial charge in [0.2, 0.25) is 5.91 Å². The molecule has 0 aromatic heterocycles. The second kappa shape index (κ2) is 5.01. The molecule has 1 saturated heterocycles. The first kappa shape index (κ1) is 13.9. The van der Waals surface area contributed by atoms with Crippen LogP contribution in [0.2, 0.25) is 0 Å². The van der Waals surface area contributed by atoms with Crippen molar-refractivity contribution in [1.82, 2.24) is 10.6 Å². The average Bonchev–Trinajstić information content (AvgIpc) is 2.67. The zero-order valence-electron chi connectivity index (χ0n) is 10.5. The fourth-order valence-electron chi connectivity index (χ4n) is 1.78. The molecule has 0 aliphatic carbocycles. The van der Waals surface area contributed by atoms with Crippen LogP contribution in [0.25, 0.3) is 0 Å². The van der Waals surface area contributed by atoms with E-state index in [2.05, 4.69) is 10.6 Å². The lowest BCUT2D eigenvalue weighted by Gasteiger charge is -2.31. The van der Waals surface area contributed by atoms with E-state index in [1.54, 1.807) is 13.8 Å². The molecule has 0 aromatic carbocycles. The molecule has 6 heteroatoms. The number of carboxylic acid groups (broad SMARTS) is 1. The Morgan fingerprint density at radius 2 is 2.12 bits per heavy atom. The molecule has 0 aromatic rings. The first-order valence-electron chi connectivity index (χ1n) is 5.73. The van der Waals surface area contributed by atoms with E-state index in [-0.39, 0.29) is 12.5 Å². The third-order valence-corrected chi connectivity index (χ3v) is 2.97. The number of ether oxygens (including phenoxy) is 1. The largest absolute Gasteiger partial charge is 0.479 e. The van der Waals surface area contributed by atoms with Gasteiger partial charge in [-0.3, -0.25) is 4.79 Å². The highest BCUT2D eigenvalue weighted by Gasteiger charge is 2.46. The van der Waals surface area contributed by atoms with Crippen LogP contribution in [0.1, 0.15) is 27.2 Å². The molecular formula is C11H20N2O4. The molecule has 98 valence electrons. The third kappa shape index (κ3) is 2.95. The first-order chi connectivity index (χ1) is 7.84. The minimum atomic E-state index is -1.27. The smallest absolute Gasteiger partial charge is 0.331 e. The van der Waals surface area contributed by atoms with Crippen molar-refractivity contribution < 1.29 is 19.4 Å². The number of carbonyl (C=O) groups is 2. The van der Waals surface area contributed by atoms with Gasteiger partial charge in [0.15, 0.2) is 5.54 Å². The third-order valence-electron chi connectivity index (χ3n) is 2.97. The number of hydrogen-bond donors (Lipinski definition) is 3. The van der Waals surface area contributed by atoms with Crippen molar-refractivity contribution in [1.29, 1.82) is 0 Å². The molecule has 1 rings (SSSR count). The number of rotatable bonds is 5. The lowest BCUT2D eigenvalue weighted by molar-refractivity contribution is -0.148. The lowest BCUT2D eigenvalue weighted by atomic mass is 9.95. The molecule has 17 heavy (non-hydrogen) atoms. The van der Waals surface area contributed by atoms with Crippen molar-refractivity contribution in [2.75, 3.05) is 19.8 Å². The predicted molar refractivity (Wildman–Crippen MR) is 61.7 cm³/mol. The van der Waals surface area contributed by atoms with Gasteiger partial charge in [0, 0.05) is 13.0 Å². The van der Waals surface area contributed by atoms with Crippen LogP contribution in [0.3, 0.4) is 0 Å². The topological polar surface area (TPSA) is 87.7 Å². The standard InChI is InChI=1S/C11H20N2O4/c1-4-12-10(2,3)8(14)13-11(9(15)16)5-6-17-7-11/h12H,4-7H2,1-3H3,(H,13,14)(H,15,16). The van der Waals surface area contributed by atoms with Gasteiger partial charge in [0.1, 0.15) is 0 Å². The summed E-state index contributed by atoms with van der Waals surface area (Å²) in [6, 6.07) is 0. The van der Waals surface area contributed by atoms with E-state index in [4.69, 9.17) is 4.74 Å². The van der Waals surface area contributed by atoms with Gasteiger partial charge in [0.05, 0.1) is 12.1 Å². The lowest BCUT2D eigenvalue weighted by Crippen LogP contribution is -2.62. The van der Waals surface area contributed by atoms with Crippen LogP contribution in [0.4, 0.5) is 0 Å². The molecule has 1 amide bonds. The van der Waals surface area contributed by atoms with E-state index in [0.29, 0.717) is 19.6 Å². The Balaban J connectivity index is 2.75. The number of carboxylic acids is 1.